The molecule has 0 radical (unpaired) electrons. The van der Waals surface area contributed by atoms with Crippen LogP contribution in [0.25, 0.3) is 21.3 Å². The van der Waals surface area contributed by atoms with Crippen LogP contribution in [0.4, 0.5) is 14.5 Å². The van der Waals surface area contributed by atoms with Crippen molar-refractivity contribution in [1.82, 2.24) is 19.6 Å². The van der Waals surface area contributed by atoms with Crippen molar-refractivity contribution in [1.29, 1.82) is 0 Å². The fourth-order valence-corrected chi connectivity index (χ4v) is 7.04. The van der Waals surface area contributed by atoms with Crippen molar-refractivity contribution in [3.63, 3.8) is 0 Å². The Balaban J connectivity index is 1.23. The summed E-state index contributed by atoms with van der Waals surface area (Å²) in [6, 6.07) is 11.5. The molecule has 2 aliphatic rings. The summed E-state index contributed by atoms with van der Waals surface area (Å²) in [5, 5.41) is 7.02. The molecule has 3 N–H and O–H groups in total. The maximum Gasteiger partial charge on any atom is 0.270 e. The lowest BCUT2D eigenvalue weighted by atomic mass is 10.0. The minimum absolute atomic E-state index is 0.0915. The van der Waals surface area contributed by atoms with E-state index in [1.54, 1.807) is 41.3 Å². The number of thiophene rings is 1. The van der Waals surface area contributed by atoms with Crippen LogP contribution < -0.4 is 11.1 Å². The molecule has 2 aromatic heterocycles. The maximum absolute atomic E-state index is 15.5. The summed E-state index contributed by atoms with van der Waals surface area (Å²) in [6.07, 6.45) is 0.0478. The van der Waals surface area contributed by atoms with Gasteiger partial charge in [-0.25, -0.2) is 8.78 Å². The van der Waals surface area contributed by atoms with E-state index >= 15 is 4.39 Å². The zero-order valence-electron chi connectivity index (χ0n) is 23.3. The van der Waals surface area contributed by atoms with Gasteiger partial charge in [-0.2, -0.15) is 5.10 Å². The molecule has 2 fully saturated rings. The van der Waals surface area contributed by atoms with Crippen molar-refractivity contribution in [2.24, 2.45) is 5.73 Å². The molecular weight excluding hydrogens is 614 g/mol. The van der Waals surface area contributed by atoms with E-state index in [1.165, 1.54) is 16.8 Å². The lowest BCUT2D eigenvalue weighted by molar-refractivity contribution is -0.137. The number of nitrogens with zero attached hydrogens (tertiary/aromatic N) is 4. The summed E-state index contributed by atoms with van der Waals surface area (Å²) >= 11 is 7.31. The minimum Gasteiger partial charge on any atom is -0.364 e. The molecule has 4 heterocycles. The Kier molecular flexibility index (Phi) is 8.08. The van der Waals surface area contributed by atoms with Gasteiger partial charge in [0.1, 0.15) is 18.8 Å². The van der Waals surface area contributed by atoms with Crippen LogP contribution in [0.2, 0.25) is 5.02 Å². The van der Waals surface area contributed by atoms with Crippen molar-refractivity contribution in [3.05, 3.63) is 69.9 Å². The van der Waals surface area contributed by atoms with Crippen LogP contribution in [0.5, 0.6) is 0 Å². The number of carbonyl (C=O) groups is 4. The van der Waals surface area contributed by atoms with E-state index in [0.717, 1.165) is 29.1 Å². The smallest absolute Gasteiger partial charge is 0.270 e. The molecule has 2 saturated heterocycles. The Hall–Kier alpha value is -4.36. The fraction of sp³-hybridized carbons (Fsp3) is 0.300. The summed E-state index contributed by atoms with van der Waals surface area (Å²) in [6.45, 7) is 0.480. The summed E-state index contributed by atoms with van der Waals surface area (Å²) in [7, 11) is 0. The molecule has 0 unspecified atom stereocenters. The molecule has 4 aromatic rings. The van der Waals surface area contributed by atoms with Crippen molar-refractivity contribution in [3.8, 4) is 11.1 Å². The highest BCUT2D eigenvalue weighted by Gasteiger charge is 2.40. The zero-order chi connectivity index (χ0) is 31.1. The first-order valence-corrected chi connectivity index (χ1v) is 15.2. The van der Waals surface area contributed by atoms with Gasteiger partial charge in [0, 0.05) is 35.7 Å². The van der Waals surface area contributed by atoms with Crippen LogP contribution in [0.1, 0.15) is 39.4 Å². The molecule has 4 amide bonds. The number of nitrogens with two attached hydrogens (primary N) is 1. The van der Waals surface area contributed by atoms with Gasteiger partial charge in [-0.1, -0.05) is 41.9 Å². The van der Waals surface area contributed by atoms with Gasteiger partial charge in [0.15, 0.2) is 11.5 Å². The summed E-state index contributed by atoms with van der Waals surface area (Å²) < 4.78 is 31.7. The lowest BCUT2D eigenvalue weighted by Crippen LogP contribution is -2.44. The minimum atomic E-state index is -1.49. The number of alkyl halides is 1. The molecule has 228 valence electrons. The van der Waals surface area contributed by atoms with Crippen molar-refractivity contribution in [2.75, 3.05) is 25.0 Å². The number of aromatic nitrogens is 2. The third-order valence-corrected chi connectivity index (χ3v) is 9.29. The first kappa shape index (κ1) is 29.7. The van der Waals surface area contributed by atoms with Crippen molar-refractivity contribution in [2.45, 2.75) is 38.0 Å². The summed E-state index contributed by atoms with van der Waals surface area (Å²) in [4.78, 5) is 55.1. The number of fused-ring (bicyclic) bond motifs is 1. The molecule has 0 spiro atoms. The number of rotatable bonds is 7. The van der Waals surface area contributed by atoms with Gasteiger partial charge < -0.3 is 20.9 Å². The monoisotopic (exact) mass is 640 g/mol. The van der Waals surface area contributed by atoms with Crippen LogP contribution in [-0.2, 0) is 16.1 Å². The maximum atomic E-state index is 15.5. The molecule has 10 nitrogen and oxygen atoms in total. The van der Waals surface area contributed by atoms with Gasteiger partial charge in [0.05, 0.1) is 27.3 Å². The van der Waals surface area contributed by atoms with Crippen LogP contribution in [-0.4, -0.2) is 75.1 Å². The van der Waals surface area contributed by atoms with Gasteiger partial charge >= 0.3 is 0 Å². The predicted octanol–water partition coefficient (Wildman–Crippen LogP) is 4.47. The number of carbonyl (C=O) groups excluding carboxylic acids is 4. The molecule has 2 aromatic carbocycles. The Bertz CT molecular complexity index is 1800. The van der Waals surface area contributed by atoms with E-state index in [2.05, 4.69) is 10.4 Å². The molecule has 14 heteroatoms. The number of primary amides is 1. The van der Waals surface area contributed by atoms with Gasteiger partial charge in [-0.3, -0.25) is 23.9 Å². The highest BCUT2D eigenvalue weighted by Crippen LogP contribution is 2.34. The van der Waals surface area contributed by atoms with E-state index in [-0.39, 0.29) is 35.8 Å². The first-order valence-electron chi connectivity index (χ1n) is 14.0. The number of anilines is 1. The molecule has 0 aliphatic carbocycles. The summed E-state index contributed by atoms with van der Waals surface area (Å²) in [5.74, 6) is -3.14. The second-order valence-electron chi connectivity index (χ2n) is 10.7. The number of amides is 4. The van der Waals surface area contributed by atoms with Gasteiger partial charge in [0.25, 0.3) is 11.8 Å². The molecule has 44 heavy (non-hydrogen) atoms. The number of halogens is 3. The van der Waals surface area contributed by atoms with Gasteiger partial charge in [-0.05, 0) is 31.0 Å². The molecule has 0 saturated carbocycles. The highest BCUT2D eigenvalue weighted by atomic mass is 35.5. The number of hydrogen-bond donors (Lipinski definition) is 2. The van der Waals surface area contributed by atoms with E-state index in [4.69, 9.17) is 17.3 Å². The third-order valence-electron chi connectivity index (χ3n) is 7.84. The Morgan fingerprint density at radius 2 is 1.80 bits per heavy atom. The van der Waals surface area contributed by atoms with Crippen LogP contribution in [0, 0.1) is 5.82 Å². The van der Waals surface area contributed by atoms with Crippen LogP contribution in [0.15, 0.2) is 48.5 Å². The predicted molar refractivity (Wildman–Crippen MR) is 162 cm³/mol. The number of hydrogen-bond acceptors (Lipinski definition) is 6. The standard InChI is InChI=1S/C30H27ClF2N6O4S/c31-19-8-2-1-6-17(19)18-7-5-9-20(25(18)33)35-29(42)22-12-16(32)14-38(22)24(40)15-39-21-13-23(30(43)37-10-3-4-11-37)44-27(21)26(36-39)28(34)41/h1-2,5-9,13,16,22H,3-4,10-12,14-15H2,(H2,34,41)(H,35,42)/t16-,22+/m1/s1. The van der Waals surface area contributed by atoms with Crippen LogP contribution in [0.3, 0.4) is 0 Å². The largest absolute Gasteiger partial charge is 0.364 e. The number of benzene rings is 2. The SMILES string of the molecule is NC(=O)c1nn(CC(=O)N2C[C@H](F)C[C@H]2C(=O)Nc2cccc(-c3ccccc3Cl)c2F)c2cc(C(=O)N3CCCC3)sc12. The molecule has 6 rings (SSSR count). The zero-order valence-corrected chi connectivity index (χ0v) is 24.8. The number of nitrogens with one attached hydrogen (secondary N) is 1. The van der Waals surface area contributed by atoms with Crippen molar-refractivity contribution >= 4 is 62.5 Å². The number of likely N-dealkylation sites (tertiary alicyclic amines) is 2. The van der Waals surface area contributed by atoms with E-state index in [0.29, 0.717) is 38.8 Å². The average Bonchev–Trinajstić information content (AvgIpc) is 3.79. The fourth-order valence-electron chi connectivity index (χ4n) is 5.69. The van der Waals surface area contributed by atoms with E-state index in [9.17, 15) is 23.6 Å². The average molecular weight is 641 g/mol. The second kappa shape index (κ2) is 12.0. The lowest BCUT2D eigenvalue weighted by Gasteiger charge is -2.24. The normalized spacial score (nSPS) is 18.2. The van der Waals surface area contributed by atoms with Crippen molar-refractivity contribution < 1.29 is 28.0 Å². The Morgan fingerprint density at radius 1 is 1.07 bits per heavy atom. The first-order chi connectivity index (χ1) is 21.1. The summed E-state index contributed by atoms with van der Waals surface area (Å²) in [5.41, 5.74) is 6.26. The Labute approximate surface area is 259 Å². The molecular formula is C30H27ClF2N6O4S. The molecule has 0 bridgehead atoms. The Morgan fingerprint density at radius 3 is 2.52 bits per heavy atom. The van der Waals surface area contributed by atoms with Crippen LogP contribution >= 0.6 is 22.9 Å². The highest BCUT2D eigenvalue weighted by molar-refractivity contribution is 7.21. The topological polar surface area (TPSA) is 131 Å². The molecule has 2 atom stereocenters. The van der Waals surface area contributed by atoms with E-state index < -0.39 is 42.3 Å². The second-order valence-corrected chi connectivity index (χ2v) is 12.2. The van der Waals surface area contributed by atoms with Gasteiger partial charge in [0.2, 0.25) is 11.8 Å². The van der Waals surface area contributed by atoms with Gasteiger partial charge in [-0.15, -0.1) is 11.3 Å². The molecule has 2 aliphatic heterocycles. The third kappa shape index (κ3) is 5.52. The van der Waals surface area contributed by atoms with E-state index in [1.807, 2.05) is 0 Å². The quantitative estimate of drug-likeness (QED) is 0.308.